The molecule has 0 N–H and O–H groups in total. The third kappa shape index (κ3) is 1.24. The third-order valence-corrected chi connectivity index (χ3v) is 2.71. The highest BCUT2D eigenvalue weighted by molar-refractivity contribution is 9.10. The van der Waals surface area contributed by atoms with Crippen molar-refractivity contribution in [2.75, 3.05) is 0 Å². The summed E-state index contributed by atoms with van der Waals surface area (Å²) in [7, 11) is 1.53. The summed E-state index contributed by atoms with van der Waals surface area (Å²) in [4.78, 5) is 15.7. The predicted molar refractivity (Wildman–Crippen MR) is 54.6 cm³/mol. The fourth-order valence-corrected chi connectivity index (χ4v) is 1.60. The molecule has 5 heteroatoms. The molecule has 0 aliphatic carbocycles. The van der Waals surface area contributed by atoms with E-state index in [1.165, 1.54) is 23.7 Å². The van der Waals surface area contributed by atoms with E-state index in [9.17, 15) is 9.18 Å². The van der Waals surface area contributed by atoms with Crippen LogP contribution in [0.15, 0.2) is 27.7 Å². The van der Waals surface area contributed by atoms with Crippen molar-refractivity contribution in [3.8, 4) is 0 Å². The van der Waals surface area contributed by atoms with Crippen molar-refractivity contribution in [2.45, 2.75) is 0 Å². The molecule has 14 heavy (non-hydrogen) atoms. The SMILES string of the molecule is Cn1c(Br)nc2cccc(F)c2c1=O. The molecule has 0 bridgehead atoms. The highest BCUT2D eigenvalue weighted by Crippen LogP contribution is 2.13. The summed E-state index contributed by atoms with van der Waals surface area (Å²) >= 11 is 3.12. The number of benzene rings is 1. The molecule has 0 radical (unpaired) electrons. The average Bonchev–Trinajstić information content (AvgIpc) is 2.14. The molecule has 0 unspecified atom stereocenters. The Hall–Kier alpha value is -1.23. The van der Waals surface area contributed by atoms with E-state index < -0.39 is 5.82 Å². The van der Waals surface area contributed by atoms with Gasteiger partial charge in [0, 0.05) is 7.05 Å². The van der Waals surface area contributed by atoms with Crippen LogP contribution in [0.5, 0.6) is 0 Å². The van der Waals surface area contributed by atoms with E-state index in [0.717, 1.165) is 0 Å². The molecule has 3 nitrogen and oxygen atoms in total. The topological polar surface area (TPSA) is 34.9 Å². The van der Waals surface area contributed by atoms with Crippen LogP contribution in [0.4, 0.5) is 4.39 Å². The molecule has 0 fully saturated rings. The first-order valence-electron chi connectivity index (χ1n) is 3.92. The Bertz CT molecular complexity index is 564. The third-order valence-electron chi connectivity index (χ3n) is 2.00. The number of rotatable bonds is 0. The highest BCUT2D eigenvalue weighted by atomic mass is 79.9. The van der Waals surface area contributed by atoms with Crippen molar-refractivity contribution in [1.29, 1.82) is 0 Å². The van der Waals surface area contributed by atoms with E-state index >= 15 is 0 Å². The number of halogens is 2. The first-order valence-corrected chi connectivity index (χ1v) is 4.71. The van der Waals surface area contributed by atoms with Crippen LogP contribution in [0.25, 0.3) is 10.9 Å². The molecule has 1 heterocycles. The zero-order chi connectivity index (χ0) is 10.3. The van der Waals surface area contributed by atoms with Crippen molar-refractivity contribution in [3.05, 3.63) is 39.1 Å². The summed E-state index contributed by atoms with van der Waals surface area (Å²) in [6, 6.07) is 4.38. The number of hydrogen-bond donors (Lipinski definition) is 0. The largest absolute Gasteiger partial charge is 0.290 e. The number of hydrogen-bond acceptors (Lipinski definition) is 2. The Kier molecular flexibility index (Phi) is 2.11. The summed E-state index contributed by atoms with van der Waals surface area (Å²) in [5, 5.41) is 0.0261. The Balaban J connectivity index is 3.07. The summed E-state index contributed by atoms with van der Waals surface area (Å²) < 4.78 is 14.9. The van der Waals surface area contributed by atoms with Gasteiger partial charge < -0.3 is 0 Å². The van der Waals surface area contributed by atoms with E-state index in [4.69, 9.17) is 0 Å². The fourth-order valence-electron chi connectivity index (χ4n) is 1.24. The predicted octanol–water partition coefficient (Wildman–Crippen LogP) is 1.84. The molecule has 0 spiro atoms. The lowest BCUT2D eigenvalue weighted by molar-refractivity contribution is 0.635. The molecule has 0 aliphatic rings. The Morgan fingerprint density at radius 3 is 2.93 bits per heavy atom. The fraction of sp³-hybridized carbons (Fsp3) is 0.111. The van der Waals surface area contributed by atoms with Gasteiger partial charge in [0.25, 0.3) is 5.56 Å². The molecule has 1 aromatic carbocycles. The van der Waals surface area contributed by atoms with Gasteiger partial charge in [-0.25, -0.2) is 9.37 Å². The van der Waals surface area contributed by atoms with Gasteiger partial charge in [-0.15, -0.1) is 0 Å². The first kappa shape index (κ1) is 9.33. The van der Waals surface area contributed by atoms with Crippen LogP contribution in [0.1, 0.15) is 0 Å². The number of fused-ring (bicyclic) bond motifs is 1. The molecule has 0 atom stereocenters. The van der Waals surface area contributed by atoms with Crippen LogP contribution in [-0.2, 0) is 7.05 Å². The quantitative estimate of drug-likeness (QED) is 0.675. The van der Waals surface area contributed by atoms with Gasteiger partial charge in [0.2, 0.25) is 0 Å². The minimum atomic E-state index is -0.539. The van der Waals surface area contributed by atoms with Crippen LogP contribution in [0, 0.1) is 5.82 Å². The van der Waals surface area contributed by atoms with Gasteiger partial charge in [-0.05, 0) is 28.1 Å². The minimum Gasteiger partial charge on any atom is -0.290 e. The van der Waals surface area contributed by atoms with Crippen molar-refractivity contribution >= 4 is 26.8 Å². The zero-order valence-corrected chi connectivity index (χ0v) is 8.88. The van der Waals surface area contributed by atoms with Gasteiger partial charge in [0.15, 0.2) is 4.73 Å². The molecular weight excluding hydrogens is 251 g/mol. The van der Waals surface area contributed by atoms with Crippen molar-refractivity contribution in [1.82, 2.24) is 9.55 Å². The molecular formula is C9H6BrFN2O. The molecule has 2 aromatic rings. The standard InChI is InChI=1S/C9H6BrFN2O/c1-13-8(14)7-5(11)3-2-4-6(7)12-9(13)10/h2-4H,1H3. The van der Waals surface area contributed by atoms with E-state index in [2.05, 4.69) is 20.9 Å². The average molecular weight is 257 g/mol. The maximum Gasteiger partial charge on any atom is 0.264 e. The van der Waals surface area contributed by atoms with E-state index in [0.29, 0.717) is 10.3 Å². The molecule has 0 amide bonds. The van der Waals surface area contributed by atoms with Crippen LogP contribution in [0.3, 0.4) is 0 Å². The van der Waals surface area contributed by atoms with Crippen LogP contribution in [-0.4, -0.2) is 9.55 Å². The second-order valence-corrected chi connectivity index (χ2v) is 3.59. The molecule has 2 rings (SSSR count). The zero-order valence-electron chi connectivity index (χ0n) is 7.29. The van der Waals surface area contributed by atoms with Gasteiger partial charge in [-0.1, -0.05) is 6.07 Å². The van der Waals surface area contributed by atoms with Gasteiger partial charge in [0.05, 0.1) is 5.52 Å². The smallest absolute Gasteiger partial charge is 0.264 e. The molecule has 0 saturated carbocycles. The summed E-state index contributed by atoms with van der Waals surface area (Å²) in [5.74, 6) is -0.539. The Morgan fingerprint density at radius 2 is 2.21 bits per heavy atom. The summed E-state index contributed by atoms with van der Waals surface area (Å²) in [6.07, 6.45) is 0. The lowest BCUT2D eigenvalue weighted by atomic mass is 10.2. The normalized spacial score (nSPS) is 10.8. The molecule has 0 aliphatic heterocycles. The molecule has 72 valence electrons. The van der Waals surface area contributed by atoms with Crippen LogP contribution < -0.4 is 5.56 Å². The van der Waals surface area contributed by atoms with E-state index in [1.807, 2.05) is 0 Å². The Morgan fingerprint density at radius 1 is 1.50 bits per heavy atom. The van der Waals surface area contributed by atoms with Gasteiger partial charge in [-0.2, -0.15) is 0 Å². The van der Waals surface area contributed by atoms with Crippen molar-refractivity contribution in [3.63, 3.8) is 0 Å². The van der Waals surface area contributed by atoms with Crippen molar-refractivity contribution in [2.24, 2.45) is 7.05 Å². The second-order valence-electron chi connectivity index (χ2n) is 2.88. The van der Waals surface area contributed by atoms with Gasteiger partial charge >= 0.3 is 0 Å². The lowest BCUT2D eigenvalue weighted by Crippen LogP contribution is -2.19. The minimum absolute atomic E-state index is 0.0261. The number of aromatic nitrogens is 2. The second kappa shape index (κ2) is 3.16. The Labute approximate surface area is 87.3 Å². The monoisotopic (exact) mass is 256 g/mol. The first-order chi connectivity index (χ1) is 6.61. The number of nitrogens with zero attached hydrogens (tertiary/aromatic N) is 2. The summed E-state index contributed by atoms with van der Waals surface area (Å²) in [5.41, 5.74) is -0.0278. The van der Waals surface area contributed by atoms with Gasteiger partial charge in [-0.3, -0.25) is 9.36 Å². The van der Waals surface area contributed by atoms with Gasteiger partial charge in [0.1, 0.15) is 11.2 Å². The van der Waals surface area contributed by atoms with E-state index in [1.54, 1.807) is 6.07 Å². The van der Waals surface area contributed by atoms with Crippen LogP contribution in [0.2, 0.25) is 0 Å². The van der Waals surface area contributed by atoms with Crippen LogP contribution >= 0.6 is 15.9 Å². The highest BCUT2D eigenvalue weighted by Gasteiger charge is 2.09. The lowest BCUT2D eigenvalue weighted by Gasteiger charge is -2.03. The summed E-state index contributed by atoms with van der Waals surface area (Å²) in [6.45, 7) is 0. The van der Waals surface area contributed by atoms with Crippen molar-refractivity contribution < 1.29 is 4.39 Å². The maximum atomic E-state index is 13.3. The maximum absolute atomic E-state index is 13.3. The molecule has 1 aromatic heterocycles. The molecule has 0 saturated heterocycles. The van der Waals surface area contributed by atoms with E-state index in [-0.39, 0.29) is 10.9 Å².